The minimum atomic E-state index is 0.287. The van der Waals surface area contributed by atoms with Crippen LogP contribution in [-0.2, 0) is 17.8 Å². The van der Waals surface area contributed by atoms with E-state index in [-0.39, 0.29) is 6.54 Å². The molecular formula is C10H8ClNO2. The second-order valence-corrected chi connectivity index (χ2v) is 3.42. The predicted octanol–water partition coefficient (Wildman–Crippen LogP) is 2.11. The van der Waals surface area contributed by atoms with E-state index in [0.29, 0.717) is 11.6 Å². The van der Waals surface area contributed by atoms with Crippen LogP contribution >= 0.6 is 11.6 Å². The normalized spacial score (nSPS) is 12.9. The Bertz CT molecular complexity index is 411. The molecule has 1 heterocycles. The van der Waals surface area contributed by atoms with Crippen molar-refractivity contribution in [3.8, 4) is 5.75 Å². The van der Waals surface area contributed by atoms with E-state index >= 15 is 0 Å². The average molecular weight is 210 g/mol. The van der Waals surface area contributed by atoms with E-state index < -0.39 is 0 Å². The van der Waals surface area contributed by atoms with Gasteiger partial charge in [-0.2, -0.15) is 0 Å². The van der Waals surface area contributed by atoms with Gasteiger partial charge >= 0.3 is 0 Å². The lowest BCUT2D eigenvalue weighted by Crippen LogP contribution is -1.91. The van der Waals surface area contributed by atoms with Crippen molar-refractivity contribution in [3.05, 3.63) is 28.3 Å². The summed E-state index contributed by atoms with van der Waals surface area (Å²) in [5.74, 6) is 0.852. The Morgan fingerprint density at radius 1 is 1.57 bits per heavy atom. The van der Waals surface area contributed by atoms with Gasteiger partial charge in [0.05, 0.1) is 13.2 Å². The Morgan fingerprint density at radius 3 is 3.21 bits per heavy atom. The lowest BCUT2D eigenvalue weighted by molar-refractivity contribution is 0.357. The van der Waals surface area contributed by atoms with Gasteiger partial charge in [0.25, 0.3) is 0 Å². The van der Waals surface area contributed by atoms with E-state index in [4.69, 9.17) is 16.3 Å². The van der Waals surface area contributed by atoms with Crippen LogP contribution in [0.2, 0.25) is 5.02 Å². The minimum Gasteiger partial charge on any atom is -0.493 e. The number of ether oxygens (including phenoxy) is 1. The fraction of sp³-hybridized carbons (Fsp3) is 0.300. The third-order valence-electron chi connectivity index (χ3n) is 2.24. The first-order valence-corrected chi connectivity index (χ1v) is 4.67. The van der Waals surface area contributed by atoms with Crippen molar-refractivity contribution in [1.82, 2.24) is 0 Å². The van der Waals surface area contributed by atoms with E-state index in [9.17, 15) is 4.79 Å². The highest BCUT2D eigenvalue weighted by molar-refractivity contribution is 6.31. The molecule has 0 unspecified atom stereocenters. The number of hydrogen-bond acceptors (Lipinski definition) is 3. The highest BCUT2D eigenvalue weighted by atomic mass is 35.5. The molecule has 1 aliphatic rings. The molecule has 0 atom stereocenters. The summed E-state index contributed by atoms with van der Waals surface area (Å²) in [6.45, 7) is 0.961. The van der Waals surface area contributed by atoms with Crippen LogP contribution in [0.4, 0.5) is 0 Å². The zero-order chi connectivity index (χ0) is 9.97. The summed E-state index contributed by atoms with van der Waals surface area (Å²) in [5.41, 5.74) is 1.95. The Hall–Kier alpha value is -1.31. The first-order chi connectivity index (χ1) is 6.83. The maximum atomic E-state index is 10.0. The second kappa shape index (κ2) is 3.82. The molecule has 0 aliphatic carbocycles. The third-order valence-corrected chi connectivity index (χ3v) is 2.60. The van der Waals surface area contributed by atoms with Crippen molar-refractivity contribution in [1.29, 1.82) is 0 Å². The number of fused-ring (bicyclic) bond motifs is 1. The molecule has 1 aromatic rings. The van der Waals surface area contributed by atoms with E-state index in [0.717, 1.165) is 23.3 Å². The van der Waals surface area contributed by atoms with Crippen LogP contribution in [0.3, 0.4) is 0 Å². The number of rotatable bonds is 2. The van der Waals surface area contributed by atoms with Gasteiger partial charge in [0, 0.05) is 22.6 Å². The topological polar surface area (TPSA) is 38.7 Å². The third kappa shape index (κ3) is 1.52. The van der Waals surface area contributed by atoms with Gasteiger partial charge in [-0.05, 0) is 12.1 Å². The summed E-state index contributed by atoms with van der Waals surface area (Å²) in [5, 5.41) is 0.633. The molecule has 1 aromatic carbocycles. The van der Waals surface area contributed by atoms with E-state index in [2.05, 4.69) is 4.99 Å². The van der Waals surface area contributed by atoms with Gasteiger partial charge in [0.2, 0.25) is 6.08 Å². The Kier molecular flexibility index (Phi) is 2.53. The first-order valence-electron chi connectivity index (χ1n) is 4.29. The predicted molar refractivity (Wildman–Crippen MR) is 52.5 cm³/mol. The van der Waals surface area contributed by atoms with Gasteiger partial charge in [0.1, 0.15) is 5.75 Å². The molecule has 0 aromatic heterocycles. The molecule has 72 valence electrons. The quantitative estimate of drug-likeness (QED) is 0.553. The maximum Gasteiger partial charge on any atom is 0.235 e. The van der Waals surface area contributed by atoms with Crippen LogP contribution in [-0.4, -0.2) is 12.7 Å². The molecule has 0 N–H and O–H groups in total. The zero-order valence-electron chi connectivity index (χ0n) is 7.42. The molecule has 0 radical (unpaired) electrons. The van der Waals surface area contributed by atoms with Crippen LogP contribution in [0, 0.1) is 0 Å². The van der Waals surface area contributed by atoms with Crippen LogP contribution < -0.4 is 4.74 Å². The van der Waals surface area contributed by atoms with E-state index in [1.165, 1.54) is 6.08 Å². The monoisotopic (exact) mass is 209 g/mol. The number of benzene rings is 1. The van der Waals surface area contributed by atoms with Gasteiger partial charge in [-0.3, -0.25) is 0 Å². The van der Waals surface area contributed by atoms with Crippen molar-refractivity contribution in [2.24, 2.45) is 4.99 Å². The Labute approximate surface area is 86.4 Å². The largest absolute Gasteiger partial charge is 0.493 e. The molecule has 3 nitrogen and oxygen atoms in total. The highest BCUT2D eigenvalue weighted by Crippen LogP contribution is 2.33. The van der Waals surface area contributed by atoms with Gasteiger partial charge in [-0.1, -0.05) is 11.6 Å². The number of carbonyl (C=O) groups excluding carboxylic acids is 1. The van der Waals surface area contributed by atoms with Crippen LogP contribution in [0.15, 0.2) is 17.1 Å². The standard InChI is InChI=1S/C10H8ClNO2/c11-9-1-2-10-7(3-4-14-10)8(9)5-12-6-13/h1-2H,3-5H2. The Balaban J connectivity index is 2.45. The van der Waals surface area contributed by atoms with Gasteiger partial charge < -0.3 is 4.74 Å². The molecule has 0 amide bonds. The lowest BCUT2D eigenvalue weighted by Gasteiger charge is -2.05. The number of aliphatic imine (C=N–C) groups is 1. The molecule has 0 spiro atoms. The molecule has 1 aliphatic heterocycles. The first kappa shape index (κ1) is 9.25. The molecule has 0 bridgehead atoms. The average Bonchev–Trinajstić information content (AvgIpc) is 2.64. The molecule has 14 heavy (non-hydrogen) atoms. The Morgan fingerprint density at radius 2 is 2.43 bits per heavy atom. The van der Waals surface area contributed by atoms with Crippen molar-refractivity contribution in [2.45, 2.75) is 13.0 Å². The highest BCUT2D eigenvalue weighted by Gasteiger charge is 2.17. The number of halogens is 1. The second-order valence-electron chi connectivity index (χ2n) is 3.01. The molecule has 0 saturated heterocycles. The van der Waals surface area contributed by atoms with Crippen molar-refractivity contribution in [3.63, 3.8) is 0 Å². The zero-order valence-corrected chi connectivity index (χ0v) is 8.17. The van der Waals surface area contributed by atoms with Gasteiger partial charge in [-0.15, -0.1) is 0 Å². The summed E-state index contributed by atoms with van der Waals surface area (Å²) in [6.07, 6.45) is 2.34. The lowest BCUT2D eigenvalue weighted by atomic mass is 10.1. The summed E-state index contributed by atoms with van der Waals surface area (Å²) >= 11 is 6.00. The smallest absolute Gasteiger partial charge is 0.235 e. The summed E-state index contributed by atoms with van der Waals surface area (Å²) in [4.78, 5) is 13.6. The summed E-state index contributed by atoms with van der Waals surface area (Å²) in [6, 6.07) is 3.61. The molecular weight excluding hydrogens is 202 g/mol. The number of nitrogens with zero attached hydrogens (tertiary/aromatic N) is 1. The SMILES string of the molecule is O=C=NCc1c(Cl)ccc2c1CCO2. The minimum absolute atomic E-state index is 0.287. The van der Waals surface area contributed by atoms with E-state index in [1.807, 2.05) is 6.07 Å². The molecule has 0 fully saturated rings. The van der Waals surface area contributed by atoms with Gasteiger partial charge in [0.15, 0.2) is 0 Å². The van der Waals surface area contributed by atoms with Crippen molar-refractivity contribution >= 4 is 17.7 Å². The summed E-state index contributed by atoms with van der Waals surface area (Å²) in [7, 11) is 0. The van der Waals surface area contributed by atoms with Crippen LogP contribution in [0.1, 0.15) is 11.1 Å². The van der Waals surface area contributed by atoms with Crippen LogP contribution in [0.5, 0.6) is 5.75 Å². The van der Waals surface area contributed by atoms with E-state index in [1.54, 1.807) is 6.07 Å². The maximum absolute atomic E-state index is 10.0. The molecule has 2 rings (SSSR count). The van der Waals surface area contributed by atoms with Crippen molar-refractivity contribution in [2.75, 3.05) is 6.61 Å². The molecule has 0 saturated carbocycles. The van der Waals surface area contributed by atoms with Crippen LogP contribution in [0.25, 0.3) is 0 Å². The van der Waals surface area contributed by atoms with Crippen molar-refractivity contribution < 1.29 is 9.53 Å². The number of isocyanates is 1. The number of hydrogen-bond donors (Lipinski definition) is 0. The fourth-order valence-electron chi connectivity index (χ4n) is 1.60. The molecule has 4 heteroatoms. The summed E-state index contributed by atoms with van der Waals surface area (Å²) < 4.78 is 5.38. The fourth-order valence-corrected chi connectivity index (χ4v) is 1.83. The van der Waals surface area contributed by atoms with Gasteiger partial charge in [-0.25, -0.2) is 9.79 Å².